The first kappa shape index (κ1) is 14.1. The van der Waals surface area contributed by atoms with E-state index in [1.165, 1.54) is 7.11 Å². The third kappa shape index (κ3) is 5.75. The molecule has 0 saturated heterocycles. The summed E-state index contributed by atoms with van der Waals surface area (Å²) in [6.07, 6.45) is -1.45. The standard InChI is InChI=1S/C7H13Cl3N2O2/c1-4(2)11-5(7(8,9)10)12-6(13)14-3/h4-5,11H,1-3H3,(H,12,13)/t5-/m1/s1. The Morgan fingerprint density at radius 2 is 1.86 bits per heavy atom. The molecule has 0 unspecified atom stereocenters. The third-order valence-corrected chi connectivity index (χ3v) is 1.93. The summed E-state index contributed by atoms with van der Waals surface area (Å²) in [7, 11) is 1.24. The van der Waals surface area contributed by atoms with Crippen LogP contribution in [0.5, 0.6) is 0 Å². The SMILES string of the molecule is COC(=O)N[C@@H](NC(C)C)C(Cl)(Cl)Cl. The smallest absolute Gasteiger partial charge is 0.408 e. The lowest BCUT2D eigenvalue weighted by molar-refractivity contribution is 0.163. The van der Waals surface area contributed by atoms with Gasteiger partial charge in [0.2, 0.25) is 3.79 Å². The van der Waals surface area contributed by atoms with Gasteiger partial charge < -0.3 is 10.1 Å². The third-order valence-electron chi connectivity index (χ3n) is 1.27. The van der Waals surface area contributed by atoms with Crippen molar-refractivity contribution >= 4 is 40.9 Å². The monoisotopic (exact) mass is 262 g/mol. The van der Waals surface area contributed by atoms with Gasteiger partial charge in [0.05, 0.1) is 7.11 Å². The Morgan fingerprint density at radius 1 is 1.36 bits per heavy atom. The second-order valence-corrected chi connectivity index (χ2v) is 5.30. The highest BCUT2D eigenvalue weighted by Gasteiger charge is 2.34. The van der Waals surface area contributed by atoms with Gasteiger partial charge in [-0.3, -0.25) is 5.32 Å². The Hall–Kier alpha value is 0.1000. The molecule has 0 heterocycles. The van der Waals surface area contributed by atoms with Crippen molar-refractivity contribution in [3.63, 3.8) is 0 Å². The first-order valence-electron chi connectivity index (χ1n) is 3.94. The van der Waals surface area contributed by atoms with Gasteiger partial charge >= 0.3 is 6.09 Å². The van der Waals surface area contributed by atoms with Crippen LogP contribution in [0, 0.1) is 0 Å². The summed E-state index contributed by atoms with van der Waals surface area (Å²) in [4.78, 5) is 10.9. The molecule has 0 aromatic heterocycles. The quantitative estimate of drug-likeness (QED) is 0.605. The van der Waals surface area contributed by atoms with Crippen LogP contribution >= 0.6 is 34.8 Å². The maximum Gasteiger partial charge on any atom is 0.408 e. The molecule has 84 valence electrons. The molecule has 0 aliphatic rings. The number of alkyl halides is 3. The zero-order chi connectivity index (χ0) is 11.4. The van der Waals surface area contributed by atoms with E-state index < -0.39 is 16.1 Å². The van der Waals surface area contributed by atoms with Crippen LogP contribution in [0.2, 0.25) is 0 Å². The predicted octanol–water partition coefficient (Wildman–Crippen LogP) is 2.04. The lowest BCUT2D eigenvalue weighted by atomic mass is 10.3. The molecular formula is C7H13Cl3N2O2. The van der Waals surface area contributed by atoms with Crippen molar-refractivity contribution in [3.8, 4) is 0 Å². The highest BCUT2D eigenvalue weighted by molar-refractivity contribution is 6.68. The molecule has 1 amide bonds. The number of hydrogen-bond donors (Lipinski definition) is 2. The van der Waals surface area contributed by atoms with Gasteiger partial charge in [0.25, 0.3) is 0 Å². The predicted molar refractivity (Wildman–Crippen MR) is 57.9 cm³/mol. The highest BCUT2D eigenvalue weighted by Crippen LogP contribution is 2.29. The number of ether oxygens (including phenoxy) is 1. The Balaban J connectivity index is 4.33. The summed E-state index contributed by atoms with van der Waals surface area (Å²) >= 11 is 16.9. The molecule has 1 atom stereocenters. The van der Waals surface area contributed by atoms with E-state index in [1.54, 1.807) is 0 Å². The van der Waals surface area contributed by atoms with Crippen LogP contribution in [0.25, 0.3) is 0 Å². The second kappa shape index (κ2) is 5.85. The Labute approximate surface area is 98.2 Å². The minimum atomic E-state index is -1.63. The van der Waals surface area contributed by atoms with E-state index in [2.05, 4.69) is 15.4 Å². The number of carbonyl (C=O) groups excluding carboxylic acids is 1. The number of nitrogens with one attached hydrogen (secondary N) is 2. The Kier molecular flexibility index (Phi) is 5.90. The number of amides is 1. The summed E-state index contributed by atoms with van der Waals surface area (Å²) < 4.78 is 2.76. The summed E-state index contributed by atoms with van der Waals surface area (Å²) in [6.45, 7) is 3.73. The number of halogens is 3. The van der Waals surface area contributed by atoms with E-state index >= 15 is 0 Å². The first-order chi connectivity index (χ1) is 6.27. The average molecular weight is 264 g/mol. The topological polar surface area (TPSA) is 50.4 Å². The normalized spacial score (nSPS) is 13.9. The molecule has 2 N–H and O–H groups in total. The molecule has 0 aromatic carbocycles. The maximum atomic E-state index is 10.9. The lowest BCUT2D eigenvalue weighted by Crippen LogP contribution is -2.55. The molecule has 0 saturated carbocycles. The molecule has 0 bridgehead atoms. The van der Waals surface area contributed by atoms with Crippen molar-refractivity contribution < 1.29 is 9.53 Å². The fraction of sp³-hybridized carbons (Fsp3) is 0.857. The molecule has 0 aliphatic carbocycles. The molecule has 14 heavy (non-hydrogen) atoms. The second-order valence-electron chi connectivity index (χ2n) is 2.93. The van der Waals surface area contributed by atoms with Gasteiger partial charge in [-0.25, -0.2) is 4.79 Å². The molecule has 0 rings (SSSR count). The van der Waals surface area contributed by atoms with Gasteiger partial charge in [-0.2, -0.15) is 0 Å². The Bertz CT molecular complexity index is 194. The summed E-state index contributed by atoms with van der Waals surface area (Å²) in [5.74, 6) is 0. The zero-order valence-corrected chi connectivity index (χ0v) is 10.4. The van der Waals surface area contributed by atoms with Gasteiger partial charge in [-0.15, -0.1) is 0 Å². The van der Waals surface area contributed by atoms with E-state index in [-0.39, 0.29) is 6.04 Å². The fourth-order valence-corrected chi connectivity index (χ4v) is 1.08. The minimum absolute atomic E-state index is 0.0628. The summed E-state index contributed by atoms with van der Waals surface area (Å²) in [5, 5.41) is 5.25. The van der Waals surface area contributed by atoms with Crippen molar-refractivity contribution in [2.45, 2.75) is 29.8 Å². The lowest BCUT2D eigenvalue weighted by Gasteiger charge is -2.27. The van der Waals surface area contributed by atoms with Gasteiger partial charge in [-0.1, -0.05) is 34.8 Å². The molecule has 4 nitrogen and oxygen atoms in total. The van der Waals surface area contributed by atoms with Crippen LogP contribution in [0.15, 0.2) is 0 Å². The number of rotatable bonds is 3. The van der Waals surface area contributed by atoms with Crippen molar-refractivity contribution in [1.29, 1.82) is 0 Å². The summed E-state index contributed by atoms with van der Waals surface area (Å²) in [6, 6.07) is 0.0628. The fourth-order valence-electron chi connectivity index (χ4n) is 0.728. The van der Waals surface area contributed by atoms with E-state index in [9.17, 15) is 4.79 Å². The molecule has 0 aliphatic heterocycles. The molecule has 0 spiro atoms. The van der Waals surface area contributed by atoms with Crippen LogP contribution in [0.4, 0.5) is 4.79 Å². The van der Waals surface area contributed by atoms with E-state index in [0.717, 1.165) is 0 Å². The molecule has 7 heteroatoms. The van der Waals surface area contributed by atoms with Crippen LogP contribution in [0.3, 0.4) is 0 Å². The van der Waals surface area contributed by atoms with Crippen LogP contribution < -0.4 is 10.6 Å². The van der Waals surface area contributed by atoms with Crippen molar-refractivity contribution in [1.82, 2.24) is 10.6 Å². The molecule has 0 fully saturated rings. The first-order valence-corrected chi connectivity index (χ1v) is 5.08. The summed E-state index contributed by atoms with van der Waals surface area (Å²) in [5.41, 5.74) is 0. The van der Waals surface area contributed by atoms with Gasteiger partial charge in [0, 0.05) is 6.04 Å². The van der Waals surface area contributed by atoms with Crippen LogP contribution in [-0.2, 0) is 4.74 Å². The maximum absolute atomic E-state index is 10.9. The largest absolute Gasteiger partial charge is 0.453 e. The number of alkyl carbamates (subject to hydrolysis) is 1. The van der Waals surface area contributed by atoms with Gasteiger partial charge in [0.1, 0.15) is 6.17 Å². The number of methoxy groups -OCH3 is 1. The van der Waals surface area contributed by atoms with Crippen molar-refractivity contribution in [2.24, 2.45) is 0 Å². The number of hydrogen-bond acceptors (Lipinski definition) is 3. The van der Waals surface area contributed by atoms with Gasteiger partial charge in [-0.05, 0) is 13.8 Å². The van der Waals surface area contributed by atoms with Crippen molar-refractivity contribution in [2.75, 3.05) is 7.11 Å². The average Bonchev–Trinajstić information content (AvgIpc) is 2.00. The number of carbonyl (C=O) groups is 1. The van der Waals surface area contributed by atoms with E-state index in [4.69, 9.17) is 34.8 Å². The molecular weight excluding hydrogens is 250 g/mol. The van der Waals surface area contributed by atoms with E-state index in [1.807, 2.05) is 13.8 Å². The minimum Gasteiger partial charge on any atom is -0.453 e. The van der Waals surface area contributed by atoms with Crippen molar-refractivity contribution in [3.05, 3.63) is 0 Å². The van der Waals surface area contributed by atoms with Gasteiger partial charge in [0.15, 0.2) is 0 Å². The molecule has 0 aromatic rings. The van der Waals surface area contributed by atoms with Crippen LogP contribution in [-0.4, -0.2) is 29.2 Å². The van der Waals surface area contributed by atoms with Crippen LogP contribution in [0.1, 0.15) is 13.8 Å². The molecule has 0 radical (unpaired) electrons. The zero-order valence-electron chi connectivity index (χ0n) is 8.11. The van der Waals surface area contributed by atoms with E-state index in [0.29, 0.717) is 0 Å². The highest BCUT2D eigenvalue weighted by atomic mass is 35.6. The Morgan fingerprint density at radius 3 is 2.14 bits per heavy atom.